The van der Waals surface area contributed by atoms with E-state index < -0.39 is 0 Å². The summed E-state index contributed by atoms with van der Waals surface area (Å²) in [4.78, 5) is 8.97. The minimum atomic E-state index is 0.121. The molecule has 0 spiro atoms. The largest absolute Gasteiger partial charge is 0.507 e. The molecule has 29 heavy (non-hydrogen) atoms. The summed E-state index contributed by atoms with van der Waals surface area (Å²) in [6.45, 7) is 1.86. The molecule has 0 atom stereocenters. The molecule has 0 fully saturated rings. The van der Waals surface area contributed by atoms with Gasteiger partial charge in [-0.1, -0.05) is 42.5 Å². The van der Waals surface area contributed by atoms with Gasteiger partial charge >= 0.3 is 0 Å². The van der Waals surface area contributed by atoms with Crippen molar-refractivity contribution in [2.24, 2.45) is 5.10 Å². The highest BCUT2D eigenvalue weighted by molar-refractivity contribution is 6.02. The third kappa shape index (κ3) is 3.73. The Bertz CT molecular complexity index is 1220. The Labute approximate surface area is 168 Å². The van der Waals surface area contributed by atoms with Gasteiger partial charge in [0.2, 0.25) is 0 Å². The number of phenols is 2. The number of hydrogen-bond donors (Lipinski definition) is 2. The molecule has 0 aliphatic rings. The molecule has 0 radical (unpaired) electrons. The number of nitrogens with zero attached hydrogens (tertiary/aromatic N) is 4. The first-order chi connectivity index (χ1) is 14.0. The van der Waals surface area contributed by atoms with E-state index in [1.165, 1.54) is 0 Å². The van der Waals surface area contributed by atoms with Gasteiger partial charge in [0.25, 0.3) is 0 Å². The van der Waals surface area contributed by atoms with Gasteiger partial charge in [0.15, 0.2) is 11.6 Å². The van der Waals surface area contributed by atoms with Gasteiger partial charge in [0, 0.05) is 24.4 Å². The second kappa shape index (κ2) is 7.59. The smallest absolute Gasteiger partial charge is 0.165 e. The minimum absolute atomic E-state index is 0.121. The van der Waals surface area contributed by atoms with E-state index in [1.807, 2.05) is 49.4 Å². The van der Waals surface area contributed by atoms with Crippen LogP contribution in [0.15, 0.2) is 71.8 Å². The van der Waals surface area contributed by atoms with E-state index in [2.05, 4.69) is 15.1 Å². The topological polar surface area (TPSA) is 81.8 Å². The molecule has 144 valence electrons. The molecule has 0 aliphatic carbocycles. The third-order valence-electron chi connectivity index (χ3n) is 4.62. The summed E-state index contributed by atoms with van der Waals surface area (Å²) in [5.74, 6) is 1.28. The normalized spacial score (nSPS) is 11.2. The van der Waals surface area contributed by atoms with Crippen LogP contribution in [0.1, 0.15) is 11.3 Å². The molecule has 0 amide bonds. The summed E-state index contributed by atoms with van der Waals surface area (Å²) in [5.41, 5.74) is 1.95. The van der Waals surface area contributed by atoms with Gasteiger partial charge in [0.1, 0.15) is 11.5 Å². The van der Waals surface area contributed by atoms with Crippen LogP contribution in [-0.2, 0) is 0 Å². The Hall–Kier alpha value is -3.93. The highest BCUT2D eigenvalue weighted by Gasteiger charge is 2.11. The molecule has 0 bridgehead atoms. The molecule has 6 heteroatoms. The molecule has 2 N–H and O–H groups in total. The van der Waals surface area contributed by atoms with Crippen LogP contribution in [-0.4, -0.2) is 33.4 Å². The number of aromatic hydroxyl groups is 2. The highest BCUT2D eigenvalue weighted by atomic mass is 16.3. The van der Waals surface area contributed by atoms with Crippen LogP contribution in [0.4, 0.5) is 5.82 Å². The van der Waals surface area contributed by atoms with E-state index >= 15 is 0 Å². The van der Waals surface area contributed by atoms with Crippen LogP contribution in [0, 0.1) is 6.92 Å². The van der Waals surface area contributed by atoms with E-state index in [0.29, 0.717) is 22.8 Å². The maximum absolute atomic E-state index is 10.3. The number of aryl methyl sites for hydroxylation is 1. The van der Waals surface area contributed by atoms with Gasteiger partial charge in [-0.15, -0.1) is 0 Å². The lowest BCUT2D eigenvalue weighted by Crippen LogP contribution is -2.12. The molecule has 0 aliphatic heterocycles. The number of hydrogen-bond acceptors (Lipinski definition) is 6. The summed E-state index contributed by atoms with van der Waals surface area (Å²) in [6, 6.07) is 20.1. The monoisotopic (exact) mass is 384 g/mol. The fraction of sp³-hybridized carbons (Fsp3) is 0.0870. The minimum Gasteiger partial charge on any atom is -0.507 e. The molecule has 4 aromatic rings. The van der Waals surface area contributed by atoms with Crippen LogP contribution >= 0.6 is 0 Å². The molecule has 6 nitrogen and oxygen atoms in total. The Morgan fingerprint density at radius 2 is 1.66 bits per heavy atom. The van der Waals surface area contributed by atoms with Gasteiger partial charge in [-0.2, -0.15) is 5.10 Å². The molecular formula is C23H20N4O2. The molecule has 3 aromatic carbocycles. The third-order valence-corrected chi connectivity index (χ3v) is 4.62. The standard InChI is InChI=1S/C23H20N4O2/c1-15-13-22(26-23(25-15)18-9-5-6-10-20(18)28)27(2)24-14-19-17-8-4-3-7-16(17)11-12-21(19)29/h3-14,28-29H,1-2H3/b24-14+. The van der Waals surface area contributed by atoms with E-state index in [9.17, 15) is 10.2 Å². The number of hydrazone groups is 1. The SMILES string of the molecule is Cc1cc(N(C)/N=C/c2c(O)ccc3ccccc23)nc(-c2ccccc2O)n1. The predicted octanol–water partition coefficient (Wildman–Crippen LogP) is 4.49. The van der Waals surface area contributed by atoms with Gasteiger partial charge in [-0.3, -0.25) is 5.01 Å². The zero-order chi connectivity index (χ0) is 20.4. The summed E-state index contributed by atoms with van der Waals surface area (Å²) < 4.78 is 0. The zero-order valence-corrected chi connectivity index (χ0v) is 16.1. The summed E-state index contributed by atoms with van der Waals surface area (Å²) in [7, 11) is 1.77. The van der Waals surface area contributed by atoms with Crippen molar-refractivity contribution in [3.63, 3.8) is 0 Å². The molecule has 0 saturated heterocycles. The average molecular weight is 384 g/mol. The van der Waals surface area contributed by atoms with Crippen LogP contribution < -0.4 is 5.01 Å². The summed E-state index contributed by atoms with van der Waals surface area (Å²) in [6.07, 6.45) is 1.62. The number of aromatic nitrogens is 2. The maximum Gasteiger partial charge on any atom is 0.165 e. The fourth-order valence-electron chi connectivity index (χ4n) is 3.12. The van der Waals surface area contributed by atoms with Crippen LogP contribution in [0.3, 0.4) is 0 Å². The Morgan fingerprint density at radius 3 is 2.48 bits per heavy atom. The first-order valence-electron chi connectivity index (χ1n) is 9.15. The van der Waals surface area contributed by atoms with E-state index in [1.54, 1.807) is 42.5 Å². The quantitative estimate of drug-likeness (QED) is 0.400. The first-order valence-corrected chi connectivity index (χ1v) is 9.15. The molecular weight excluding hydrogens is 364 g/mol. The molecule has 0 saturated carbocycles. The molecule has 4 rings (SSSR count). The van der Waals surface area contributed by atoms with Crippen molar-refractivity contribution in [2.75, 3.05) is 12.1 Å². The van der Waals surface area contributed by atoms with Crippen molar-refractivity contribution >= 4 is 22.8 Å². The Morgan fingerprint density at radius 1 is 0.897 bits per heavy atom. The highest BCUT2D eigenvalue weighted by Crippen LogP contribution is 2.28. The molecule has 1 heterocycles. The molecule has 0 unspecified atom stereocenters. The fourth-order valence-corrected chi connectivity index (χ4v) is 3.12. The van der Waals surface area contributed by atoms with Crippen LogP contribution in [0.25, 0.3) is 22.2 Å². The van der Waals surface area contributed by atoms with E-state index in [0.717, 1.165) is 16.5 Å². The van der Waals surface area contributed by atoms with Crippen molar-refractivity contribution < 1.29 is 10.2 Å². The van der Waals surface area contributed by atoms with Crippen molar-refractivity contribution in [2.45, 2.75) is 6.92 Å². The van der Waals surface area contributed by atoms with Crippen molar-refractivity contribution in [1.29, 1.82) is 0 Å². The number of benzene rings is 3. The van der Waals surface area contributed by atoms with Crippen molar-refractivity contribution in [3.8, 4) is 22.9 Å². The number of para-hydroxylation sites is 1. The summed E-state index contributed by atoms with van der Waals surface area (Å²) >= 11 is 0. The lowest BCUT2D eigenvalue weighted by molar-refractivity contribution is 0.475. The van der Waals surface area contributed by atoms with Crippen molar-refractivity contribution in [3.05, 3.63) is 78.0 Å². The lowest BCUT2D eigenvalue weighted by Gasteiger charge is -2.14. The second-order valence-electron chi connectivity index (χ2n) is 6.70. The van der Waals surface area contributed by atoms with Crippen LogP contribution in [0.2, 0.25) is 0 Å². The van der Waals surface area contributed by atoms with Gasteiger partial charge < -0.3 is 10.2 Å². The van der Waals surface area contributed by atoms with E-state index in [4.69, 9.17) is 0 Å². The zero-order valence-electron chi connectivity index (χ0n) is 16.1. The molecule has 1 aromatic heterocycles. The Balaban J connectivity index is 1.70. The number of anilines is 1. The number of fused-ring (bicyclic) bond motifs is 1. The van der Waals surface area contributed by atoms with Gasteiger partial charge in [-0.05, 0) is 35.9 Å². The maximum atomic E-state index is 10.3. The predicted molar refractivity (Wildman–Crippen MR) is 115 cm³/mol. The van der Waals surface area contributed by atoms with Gasteiger partial charge in [0.05, 0.1) is 11.8 Å². The first kappa shape index (κ1) is 18.4. The van der Waals surface area contributed by atoms with Gasteiger partial charge in [-0.25, -0.2) is 9.97 Å². The average Bonchev–Trinajstić information content (AvgIpc) is 2.72. The Kier molecular flexibility index (Phi) is 4.83. The summed E-state index contributed by atoms with van der Waals surface area (Å²) in [5, 5.41) is 28.4. The lowest BCUT2D eigenvalue weighted by atomic mass is 10.0. The van der Waals surface area contributed by atoms with E-state index in [-0.39, 0.29) is 11.5 Å². The second-order valence-corrected chi connectivity index (χ2v) is 6.70. The van der Waals surface area contributed by atoms with Crippen LogP contribution in [0.5, 0.6) is 11.5 Å². The number of rotatable bonds is 4. The van der Waals surface area contributed by atoms with Crippen molar-refractivity contribution in [1.82, 2.24) is 9.97 Å². The number of phenolic OH excluding ortho intramolecular Hbond substituents is 2.